The summed E-state index contributed by atoms with van der Waals surface area (Å²) < 4.78 is 5.55. The lowest BCUT2D eigenvalue weighted by molar-refractivity contribution is 0.0777. The molecule has 1 aromatic heterocycles. The highest BCUT2D eigenvalue weighted by atomic mass is 35.5. The van der Waals surface area contributed by atoms with Crippen molar-refractivity contribution in [3.63, 3.8) is 0 Å². The molecule has 0 unspecified atom stereocenters. The third-order valence-electron chi connectivity index (χ3n) is 4.50. The number of hydrogen-bond donors (Lipinski definition) is 3. The first-order valence-corrected chi connectivity index (χ1v) is 10.9. The van der Waals surface area contributed by atoms with Crippen LogP contribution in [0.3, 0.4) is 0 Å². The van der Waals surface area contributed by atoms with Crippen LogP contribution in [-0.4, -0.2) is 41.3 Å². The van der Waals surface area contributed by atoms with Crippen molar-refractivity contribution in [2.24, 2.45) is 4.99 Å². The van der Waals surface area contributed by atoms with Gasteiger partial charge in [0.05, 0.1) is 23.4 Å². The third kappa shape index (κ3) is 7.45. The maximum absolute atomic E-state index is 12.7. The van der Waals surface area contributed by atoms with Crippen molar-refractivity contribution in [3.05, 3.63) is 70.7 Å². The van der Waals surface area contributed by atoms with Gasteiger partial charge < -0.3 is 15.4 Å². The topological polar surface area (TPSA) is 115 Å². The van der Waals surface area contributed by atoms with Gasteiger partial charge in [0.25, 0.3) is 5.91 Å². The summed E-state index contributed by atoms with van der Waals surface area (Å²) in [5.74, 6) is 0.262. The SMILES string of the molecule is CC(C)OCCCN/C(=N/C(=O)c1cccc(C#N)c1)Nc1cc(-c2ccc(Cl)cc2)[nH]n1. The number of carbonyl (C=O) groups is 1. The van der Waals surface area contributed by atoms with Gasteiger partial charge in [-0.25, -0.2) is 0 Å². The number of benzene rings is 2. The van der Waals surface area contributed by atoms with Gasteiger partial charge in [-0.3, -0.25) is 9.89 Å². The Hall–Kier alpha value is -3.67. The molecular weight excluding hydrogens is 440 g/mol. The number of amides is 1. The first-order valence-electron chi connectivity index (χ1n) is 10.5. The minimum absolute atomic E-state index is 0.153. The monoisotopic (exact) mass is 464 g/mol. The Labute approximate surface area is 197 Å². The van der Waals surface area contributed by atoms with Crippen LogP contribution < -0.4 is 10.6 Å². The molecule has 0 saturated carbocycles. The number of anilines is 1. The molecule has 0 radical (unpaired) electrons. The lowest BCUT2D eigenvalue weighted by atomic mass is 10.1. The number of aromatic nitrogens is 2. The summed E-state index contributed by atoms with van der Waals surface area (Å²) in [5, 5.41) is 23.1. The second kappa shape index (κ2) is 11.8. The number of hydrogen-bond acceptors (Lipinski definition) is 4. The van der Waals surface area contributed by atoms with Gasteiger partial charge in [-0.2, -0.15) is 15.4 Å². The second-order valence-corrected chi connectivity index (χ2v) is 7.89. The second-order valence-electron chi connectivity index (χ2n) is 7.46. The predicted molar refractivity (Wildman–Crippen MR) is 129 cm³/mol. The number of nitrogens with one attached hydrogen (secondary N) is 3. The molecule has 3 N–H and O–H groups in total. The molecule has 9 heteroatoms. The van der Waals surface area contributed by atoms with E-state index in [0.29, 0.717) is 35.1 Å². The van der Waals surface area contributed by atoms with Gasteiger partial charge in [0.15, 0.2) is 5.82 Å². The van der Waals surface area contributed by atoms with Crippen molar-refractivity contribution in [3.8, 4) is 17.3 Å². The molecule has 0 aliphatic carbocycles. The van der Waals surface area contributed by atoms with Crippen LogP contribution >= 0.6 is 11.6 Å². The van der Waals surface area contributed by atoms with Crippen molar-refractivity contribution in [2.45, 2.75) is 26.4 Å². The Bertz CT molecular complexity index is 1150. The van der Waals surface area contributed by atoms with Crippen LogP contribution in [0, 0.1) is 11.3 Å². The molecule has 8 nitrogen and oxygen atoms in total. The number of H-pyrrole nitrogens is 1. The van der Waals surface area contributed by atoms with E-state index in [9.17, 15) is 4.79 Å². The number of nitriles is 1. The number of nitrogens with zero attached hydrogens (tertiary/aromatic N) is 3. The van der Waals surface area contributed by atoms with Gasteiger partial charge >= 0.3 is 0 Å². The molecule has 33 heavy (non-hydrogen) atoms. The summed E-state index contributed by atoms with van der Waals surface area (Å²) in [6.45, 7) is 5.08. The van der Waals surface area contributed by atoms with Crippen LogP contribution in [0.2, 0.25) is 5.02 Å². The Balaban J connectivity index is 1.75. The van der Waals surface area contributed by atoms with E-state index in [4.69, 9.17) is 21.6 Å². The number of ether oxygens (including phenoxy) is 1. The highest BCUT2D eigenvalue weighted by molar-refractivity contribution is 6.30. The van der Waals surface area contributed by atoms with Gasteiger partial charge in [0, 0.05) is 29.8 Å². The largest absolute Gasteiger partial charge is 0.379 e. The third-order valence-corrected chi connectivity index (χ3v) is 4.75. The lowest BCUT2D eigenvalue weighted by Crippen LogP contribution is -2.33. The van der Waals surface area contributed by atoms with Crippen LogP contribution in [0.25, 0.3) is 11.3 Å². The van der Waals surface area contributed by atoms with E-state index in [2.05, 4.69) is 25.8 Å². The fourth-order valence-corrected chi connectivity index (χ4v) is 3.01. The minimum Gasteiger partial charge on any atom is -0.379 e. The van der Waals surface area contributed by atoms with Gasteiger partial charge in [-0.1, -0.05) is 29.8 Å². The van der Waals surface area contributed by atoms with Crippen LogP contribution in [0.1, 0.15) is 36.2 Å². The summed E-state index contributed by atoms with van der Waals surface area (Å²) in [4.78, 5) is 16.9. The zero-order chi connectivity index (χ0) is 23.6. The van der Waals surface area contributed by atoms with E-state index < -0.39 is 5.91 Å². The molecule has 0 atom stereocenters. The summed E-state index contributed by atoms with van der Waals surface area (Å²) in [6.07, 6.45) is 0.883. The van der Waals surface area contributed by atoms with Crippen molar-refractivity contribution in [1.29, 1.82) is 5.26 Å². The molecule has 0 spiro atoms. The molecule has 2 aromatic carbocycles. The molecule has 1 amide bonds. The van der Waals surface area contributed by atoms with Crippen molar-refractivity contribution in [2.75, 3.05) is 18.5 Å². The Morgan fingerprint density at radius 1 is 1.24 bits per heavy atom. The standard InChI is InChI=1S/C24H25ClN6O2/c1-16(2)33-12-4-11-27-24(29-23(32)19-6-3-5-17(13-19)15-26)28-22-14-21(30-31-22)18-7-9-20(25)10-8-18/h3,5-10,13-14,16H,4,11-12H2,1-2H3,(H3,27,28,29,30,31,32). The molecule has 0 aliphatic rings. The molecule has 0 bridgehead atoms. The van der Waals surface area contributed by atoms with Crippen molar-refractivity contribution in [1.82, 2.24) is 15.5 Å². The Morgan fingerprint density at radius 2 is 2.03 bits per heavy atom. The van der Waals surface area contributed by atoms with Crippen LogP contribution in [0.15, 0.2) is 59.6 Å². The highest BCUT2D eigenvalue weighted by Gasteiger charge is 2.11. The highest BCUT2D eigenvalue weighted by Crippen LogP contribution is 2.21. The summed E-state index contributed by atoms with van der Waals surface area (Å²) in [6, 6.07) is 17.6. The first kappa shape index (κ1) is 24.0. The predicted octanol–water partition coefficient (Wildman–Crippen LogP) is 4.61. The zero-order valence-corrected chi connectivity index (χ0v) is 19.2. The lowest BCUT2D eigenvalue weighted by Gasteiger charge is -2.11. The number of carbonyl (C=O) groups excluding carboxylic acids is 1. The molecule has 3 aromatic rings. The fraction of sp³-hybridized carbons (Fsp3) is 0.250. The molecule has 0 aliphatic heterocycles. The van der Waals surface area contributed by atoms with E-state index >= 15 is 0 Å². The van der Waals surface area contributed by atoms with Crippen molar-refractivity contribution < 1.29 is 9.53 Å². The number of aliphatic imine (C=N–C) groups is 1. The van der Waals surface area contributed by atoms with E-state index in [1.54, 1.807) is 30.3 Å². The number of halogens is 1. The molecule has 1 heterocycles. The molecular formula is C24H25ClN6O2. The first-order chi connectivity index (χ1) is 15.9. The van der Waals surface area contributed by atoms with E-state index in [1.807, 2.05) is 38.1 Å². The van der Waals surface area contributed by atoms with Crippen LogP contribution in [0.5, 0.6) is 0 Å². The average molecular weight is 465 g/mol. The molecule has 170 valence electrons. The molecule has 0 fully saturated rings. The van der Waals surface area contributed by atoms with Crippen LogP contribution in [0.4, 0.5) is 5.82 Å². The average Bonchev–Trinajstić information content (AvgIpc) is 3.27. The van der Waals surface area contributed by atoms with Gasteiger partial charge in [-0.15, -0.1) is 0 Å². The fourth-order valence-electron chi connectivity index (χ4n) is 2.88. The van der Waals surface area contributed by atoms with Gasteiger partial charge in [0.2, 0.25) is 5.96 Å². The quantitative estimate of drug-likeness (QED) is 0.254. The maximum atomic E-state index is 12.7. The number of rotatable bonds is 8. The van der Waals surface area contributed by atoms with Crippen molar-refractivity contribution >= 4 is 29.3 Å². The zero-order valence-electron chi connectivity index (χ0n) is 18.4. The van der Waals surface area contributed by atoms with E-state index in [-0.39, 0.29) is 12.1 Å². The Kier molecular flexibility index (Phi) is 8.58. The van der Waals surface area contributed by atoms with Crippen LogP contribution in [-0.2, 0) is 4.74 Å². The van der Waals surface area contributed by atoms with E-state index in [0.717, 1.165) is 17.7 Å². The van der Waals surface area contributed by atoms with Gasteiger partial charge in [0.1, 0.15) is 0 Å². The number of aromatic amines is 1. The summed E-state index contributed by atoms with van der Waals surface area (Å²) in [7, 11) is 0. The van der Waals surface area contributed by atoms with Gasteiger partial charge in [-0.05, 0) is 56.2 Å². The minimum atomic E-state index is -0.478. The molecule has 3 rings (SSSR count). The maximum Gasteiger partial charge on any atom is 0.280 e. The normalized spacial score (nSPS) is 11.3. The van der Waals surface area contributed by atoms with E-state index in [1.165, 1.54) is 6.07 Å². The summed E-state index contributed by atoms with van der Waals surface area (Å²) >= 11 is 5.96. The molecule has 0 saturated heterocycles. The summed E-state index contributed by atoms with van der Waals surface area (Å²) in [5.41, 5.74) is 2.42. The smallest absolute Gasteiger partial charge is 0.280 e. The number of guanidine groups is 1. The Morgan fingerprint density at radius 3 is 2.76 bits per heavy atom.